The topological polar surface area (TPSA) is 0 Å². The van der Waals surface area contributed by atoms with E-state index in [1.54, 1.807) is 0 Å². The van der Waals surface area contributed by atoms with Crippen molar-refractivity contribution in [1.29, 1.82) is 0 Å². The van der Waals surface area contributed by atoms with Gasteiger partial charge >= 0.3 is 6.18 Å². The first-order valence-corrected chi connectivity index (χ1v) is 6.41. The molecule has 0 amide bonds. The van der Waals surface area contributed by atoms with Gasteiger partial charge in [-0.1, -0.05) is 12.1 Å². The molecule has 124 valence electrons. The second kappa shape index (κ2) is 5.99. The molecule has 0 aliphatic carbocycles. The second-order valence-electron chi connectivity index (χ2n) is 4.45. The molecule has 0 heterocycles. The lowest BCUT2D eigenvalue weighted by Gasteiger charge is -2.14. The molecule has 2 aromatic rings. The van der Waals surface area contributed by atoms with Gasteiger partial charge in [0.1, 0.15) is 0 Å². The second-order valence-corrected chi connectivity index (χ2v) is 4.72. The van der Waals surface area contributed by atoms with Crippen LogP contribution in [0.3, 0.4) is 0 Å². The standard InChI is InChI=1S/C14H5ClF8/c15-4-6-2-1-5(3-7(6)14(21,22)23)8-9(16)11(18)13(20)12(19)10(8)17/h1-3H,4H2. The quantitative estimate of drug-likeness (QED) is 0.274. The molecule has 0 nitrogen and oxygen atoms in total. The Bertz CT molecular complexity index is 737. The molecule has 0 aliphatic heterocycles. The van der Waals surface area contributed by atoms with Crippen molar-refractivity contribution in [2.75, 3.05) is 0 Å². The number of halogens is 9. The van der Waals surface area contributed by atoms with Crippen molar-refractivity contribution in [3.8, 4) is 11.1 Å². The zero-order valence-corrected chi connectivity index (χ0v) is 11.6. The molecule has 0 unspecified atom stereocenters. The Balaban J connectivity index is 2.79. The molecule has 0 aromatic heterocycles. The molecule has 0 radical (unpaired) electrons. The molecule has 0 N–H and O–H groups in total. The van der Waals surface area contributed by atoms with E-state index in [0.29, 0.717) is 0 Å². The Hall–Kier alpha value is -1.83. The van der Waals surface area contributed by atoms with E-state index in [2.05, 4.69) is 0 Å². The van der Waals surface area contributed by atoms with Gasteiger partial charge in [-0.3, -0.25) is 0 Å². The van der Waals surface area contributed by atoms with E-state index in [9.17, 15) is 35.1 Å². The van der Waals surface area contributed by atoms with Crippen LogP contribution in [-0.4, -0.2) is 0 Å². The first kappa shape index (κ1) is 17.5. The minimum absolute atomic E-state index is 0.288. The van der Waals surface area contributed by atoms with Crippen LogP contribution >= 0.6 is 11.6 Å². The summed E-state index contributed by atoms with van der Waals surface area (Å²) in [4.78, 5) is 0. The molecule has 2 rings (SSSR count). The monoisotopic (exact) mass is 360 g/mol. The van der Waals surface area contributed by atoms with Crippen molar-refractivity contribution in [3.63, 3.8) is 0 Å². The lowest BCUT2D eigenvalue weighted by Crippen LogP contribution is -2.10. The number of rotatable bonds is 2. The van der Waals surface area contributed by atoms with Crippen molar-refractivity contribution >= 4 is 11.6 Å². The lowest BCUT2D eigenvalue weighted by molar-refractivity contribution is -0.138. The fourth-order valence-electron chi connectivity index (χ4n) is 1.97. The maximum atomic E-state index is 13.7. The summed E-state index contributed by atoms with van der Waals surface area (Å²) in [5.74, 6) is -11.9. The third-order valence-electron chi connectivity index (χ3n) is 3.06. The number of hydrogen-bond donors (Lipinski definition) is 0. The zero-order chi connectivity index (χ0) is 17.5. The molecule has 0 bridgehead atoms. The molecular weight excluding hydrogens is 356 g/mol. The molecule has 0 fully saturated rings. The van der Waals surface area contributed by atoms with Gasteiger partial charge in [-0.25, -0.2) is 22.0 Å². The van der Waals surface area contributed by atoms with Crippen LogP contribution in [0, 0.1) is 29.1 Å². The number of alkyl halides is 4. The molecule has 0 saturated carbocycles. The van der Waals surface area contributed by atoms with Crippen LogP contribution in [-0.2, 0) is 12.1 Å². The number of hydrogen-bond acceptors (Lipinski definition) is 0. The van der Waals surface area contributed by atoms with Gasteiger partial charge in [0.25, 0.3) is 0 Å². The van der Waals surface area contributed by atoms with E-state index < -0.39 is 63.4 Å². The van der Waals surface area contributed by atoms with Gasteiger partial charge in [-0.05, 0) is 17.2 Å². The molecule has 23 heavy (non-hydrogen) atoms. The summed E-state index contributed by atoms with van der Waals surface area (Å²) in [6.07, 6.45) is -4.91. The van der Waals surface area contributed by atoms with Crippen LogP contribution in [0.5, 0.6) is 0 Å². The van der Waals surface area contributed by atoms with E-state index in [1.807, 2.05) is 0 Å². The van der Waals surface area contributed by atoms with Crippen molar-refractivity contribution in [1.82, 2.24) is 0 Å². The third kappa shape index (κ3) is 2.99. The van der Waals surface area contributed by atoms with E-state index in [4.69, 9.17) is 11.6 Å². The summed E-state index contributed by atoms with van der Waals surface area (Å²) in [6.45, 7) is 0. The van der Waals surface area contributed by atoms with Crippen molar-refractivity contribution in [2.45, 2.75) is 12.1 Å². The van der Waals surface area contributed by atoms with E-state index in [-0.39, 0.29) is 6.07 Å². The summed E-state index contributed by atoms with van der Waals surface area (Å²) < 4.78 is 105. The van der Waals surface area contributed by atoms with E-state index in [0.717, 1.165) is 12.1 Å². The van der Waals surface area contributed by atoms with Crippen molar-refractivity contribution < 1.29 is 35.1 Å². The summed E-state index contributed by atoms with van der Waals surface area (Å²) in [7, 11) is 0. The highest BCUT2D eigenvalue weighted by Gasteiger charge is 2.34. The largest absolute Gasteiger partial charge is 0.416 e. The smallest absolute Gasteiger partial charge is 0.203 e. The maximum Gasteiger partial charge on any atom is 0.416 e. The van der Waals surface area contributed by atoms with Crippen molar-refractivity contribution in [2.24, 2.45) is 0 Å². The van der Waals surface area contributed by atoms with Crippen LogP contribution in [0.1, 0.15) is 11.1 Å². The maximum absolute atomic E-state index is 13.7. The molecule has 0 saturated heterocycles. The van der Waals surface area contributed by atoms with Crippen LogP contribution in [0.4, 0.5) is 35.1 Å². The first-order chi connectivity index (χ1) is 10.6. The number of benzene rings is 2. The highest BCUT2D eigenvalue weighted by atomic mass is 35.5. The van der Waals surface area contributed by atoms with Gasteiger partial charge in [0.05, 0.1) is 11.1 Å². The Kier molecular flexibility index (Phi) is 4.57. The fraction of sp³-hybridized carbons (Fsp3) is 0.143. The molecule has 0 spiro atoms. The van der Waals surface area contributed by atoms with Crippen LogP contribution in [0.25, 0.3) is 11.1 Å². The Morgan fingerprint density at radius 1 is 0.783 bits per heavy atom. The molecule has 0 aliphatic rings. The summed E-state index contributed by atoms with van der Waals surface area (Å²) in [5.41, 5.74) is -3.97. The Morgan fingerprint density at radius 2 is 1.26 bits per heavy atom. The van der Waals surface area contributed by atoms with Crippen molar-refractivity contribution in [3.05, 3.63) is 58.4 Å². The summed E-state index contributed by atoms with van der Waals surface area (Å²) >= 11 is 5.35. The average molecular weight is 361 g/mol. The van der Waals surface area contributed by atoms with E-state index in [1.165, 1.54) is 0 Å². The Labute approximate surface area is 129 Å². The molecule has 2 aromatic carbocycles. The van der Waals surface area contributed by atoms with Gasteiger partial charge in [0.2, 0.25) is 5.82 Å². The van der Waals surface area contributed by atoms with Crippen LogP contribution in [0.2, 0.25) is 0 Å². The Morgan fingerprint density at radius 3 is 1.70 bits per heavy atom. The zero-order valence-electron chi connectivity index (χ0n) is 10.8. The van der Waals surface area contributed by atoms with Crippen LogP contribution < -0.4 is 0 Å². The predicted molar refractivity (Wildman–Crippen MR) is 66.2 cm³/mol. The normalized spacial score (nSPS) is 11.9. The van der Waals surface area contributed by atoms with Gasteiger partial charge in [-0.2, -0.15) is 13.2 Å². The average Bonchev–Trinajstić information content (AvgIpc) is 2.50. The first-order valence-electron chi connectivity index (χ1n) is 5.87. The lowest BCUT2D eigenvalue weighted by atomic mass is 9.98. The fourth-order valence-corrected chi connectivity index (χ4v) is 2.20. The third-order valence-corrected chi connectivity index (χ3v) is 3.35. The molecular formula is C14H5ClF8. The SMILES string of the molecule is Fc1c(F)c(F)c(-c2ccc(CCl)c(C(F)(F)F)c2)c(F)c1F. The minimum Gasteiger partial charge on any atom is -0.203 e. The minimum atomic E-state index is -4.91. The highest BCUT2D eigenvalue weighted by molar-refractivity contribution is 6.17. The highest BCUT2D eigenvalue weighted by Crippen LogP contribution is 2.38. The predicted octanol–water partition coefficient (Wildman–Crippen LogP) is 5.81. The van der Waals surface area contributed by atoms with Gasteiger partial charge in [-0.15, -0.1) is 11.6 Å². The summed E-state index contributed by atoms with van der Waals surface area (Å²) in [5, 5.41) is 0. The van der Waals surface area contributed by atoms with Gasteiger partial charge < -0.3 is 0 Å². The van der Waals surface area contributed by atoms with E-state index >= 15 is 0 Å². The summed E-state index contributed by atoms with van der Waals surface area (Å²) in [6, 6.07) is 1.89. The molecule has 9 heteroatoms. The van der Waals surface area contributed by atoms with Gasteiger partial charge in [0.15, 0.2) is 23.3 Å². The molecule has 0 atom stereocenters. The van der Waals surface area contributed by atoms with Crippen LogP contribution in [0.15, 0.2) is 18.2 Å². The van der Waals surface area contributed by atoms with Gasteiger partial charge in [0, 0.05) is 5.88 Å².